The number of benzene rings is 1. The first-order chi connectivity index (χ1) is 15.0. The number of carbonyl (C=O) groups excluding carboxylic acids is 1. The summed E-state index contributed by atoms with van der Waals surface area (Å²) in [5.41, 5.74) is 4.58. The molecular formula is C23H23N5O2S. The highest BCUT2D eigenvalue weighted by Crippen LogP contribution is 2.28. The van der Waals surface area contributed by atoms with E-state index in [1.807, 2.05) is 35.9 Å². The zero-order valence-electron chi connectivity index (χ0n) is 17.5. The Kier molecular flexibility index (Phi) is 5.17. The van der Waals surface area contributed by atoms with Gasteiger partial charge < -0.3 is 14.0 Å². The number of imidazole rings is 1. The summed E-state index contributed by atoms with van der Waals surface area (Å²) in [6.07, 6.45) is 4.87. The maximum absolute atomic E-state index is 12.6. The third-order valence-corrected chi connectivity index (χ3v) is 6.37. The Morgan fingerprint density at radius 2 is 2.06 bits per heavy atom. The predicted molar refractivity (Wildman–Crippen MR) is 121 cm³/mol. The van der Waals surface area contributed by atoms with Gasteiger partial charge in [0.1, 0.15) is 18.0 Å². The third kappa shape index (κ3) is 4.17. The predicted octanol–water partition coefficient (Wildman–Crippen LogP) is 3.92. The van der Waals surface area contributed by atoms with E-state index in [9.17, 15) is 4.79 Å². The number of pyridine rings is 1. The van der Waals surface area contributed by atoms with Gasteiger partial charge in [0.05, 0.1) is 11.4 Å². The van der Waals surface area contributed by atoms with Crippen LogP contribution in [0.3, 0.4) is 0 Å². The second-order valence-corrected chi connectivity index (χ2v) is 8.88. The molecule has 4 heterocycles. The van der Waals surface area contributed by atoms with E-state index in [-0.39, 0.29) is 5.91 Å². The first kappa shape index (κ1) is 19.7. The van der Waals surface area contributed by atoms with Crippen LogP contribution in [0.2, 0.25) is 0 Å². The van der Waals surface area contributed by atoms with Gasteiger partial charge in [-0.25, -0.2) is 9.97 Å². The third-order valence-electron chi connectivity index (χ3n) is 5.37. The molecule has 31 heavy (non-hydrogen) atoms. The SMILES string of the molecule is Cc1cccn2cc(COc3ccc(C(=O)Nc4nc5c(s4)CN(C)CC5)cc3)nc12. The summed E-state index contributed by atoms with van der Waals surface area (Å²) in [6.45, 7) is 4.29. The Morgan fingerprint density at radius 3 is 2.87 bits per heavy atom. The lowest BCUT2D eigenvalue weighted by Gasteiger charge is -2.20. The number of aromatic nitrogens is 3. The molecule has 0 fully saturated rings. The minimum Gasteiger partial charge on any atom is -0.487 e. The maximum Gasteiger partial charge on any atom is 0.257 e. The lowest BCUT2D eigenvalue weighted by atomic mass is 10.2. The number of aryl methyl sites for hydroxylation is 1. The molecular weight excluding hydrogens is 410 g/mol. The molecule has 8 heteroatoms. The molecule has 0 aliphatic carbocycles. The average molecular weight is 434 g/mol. The molecule has 0 radical (unpaired) electrons. The minimum atomic E-state index is -0.165. The van der Waals surface area contributed by atoms with Gasteiger partial charge in [0.15, 0.2) is 5.13 Å². The molecule has 0 spiro atoms. The number of nitrogens with one attached hydrogen (secondary N) is 1. The first-order valence-corrected chi connectivity index (χ1v) is 11.0. The zero-order valence-corrected chi connectivity index (χ0v) is 18.3. The topological polar surface area (TPSA) is 71.8 Å². The lowest BCUT2D eigenvalue weighted by Crippen LogP contribution is -2.25. The molecule has 158 valence electrons. The highest BCUT2D eigenvalue weighted by Gasteiger charge is 2.19. The summed E-state index contributed by atoms with van der Waals surface area (Å²) < 4.78 is 7.85. The lowest BCUT2D eigenvalue weighted by molar-refractivity contribution is 0.102. The summed E-state index contributed by atoms with van der Waals surface area (Å²) >= 11 is 1.56. The van der Waals surface area contributed by atoms with Gasteiger partial charge in [-0.05, 0) is 49.9 Å². The van der Waals surface area contributed by atoms with Crippen LogP contribution < -0.4 is 10.1 Å². The molecule has 1 aromatic carbocycles. The van der Waals surface area contributed by atoms with Crippen LogP contribution in [0.4, 0.5) is 5.13 Å². The van der Waals surface area contributed by atoms with Crippen molar-refractivity contribution in [2.75, 3.05) is 18.9 Å². The number of thiazole rings is 1. The van der Waals surface area contributed by atoms with Gasteiger partial charge >= 0.3 is 0 Å². The van der Waals surface area contributed by atoms with Crippen molar-refractivity contribution < 1.29 is 9.53 Å². The normalized spacial score (nSPS) is 13.9. The summed E-state index contributed by atoms with van der Waals surface area (Å²) in [6, 6.07) is 11.2. The first-order valence-electron chi connectivity index (χ1n) is 10.2. The largest absolute Gasteiger partial charge is 0.487 e. The molecule has 3 aromatic heterocycles. The van der Waals surface area contributed by atoms with Crippen LogP contribution in [0.25, 0.3) is 5.65 Å². The number of fused-ring (bicyclic) bond motifs is 2. The number of hydrogen-bond acceptors (Lipinski definition) is 6. The molecule has 0 bridgehead atoms. The molecule has 0 unspecified atom stereocenters. The molecule has 4 aromatic rings. The molecule has 1 N–H and O–H groups in total. The molecule has 0 saturated heterocycles. The van der Waals surface area contributed by atoms with Crippen molar-refractivity contribution in [1.82, 2.24) is 19.3 Å². The Bertz CT molecular complexity index is 1240. The van der Waals surface area contributed by atoms with Crippen molar-refractivity contribution in [2.45, 2.75) is 26.5 Å². The van der Waals surface area contributed by atoms with Gasteiger partial charge in [-0.2, -0.15) is 0 Å². The fourth-order valence-electron chi connectivity index (χ4n) is 3.68. The maximum atomic E-state index is 12.6. The summed E-state index contributed by atoms with van der Waals surface area (Å²) in [5.74, 6) is 0.528. The van der Waals surface area contributed by atoms with Crippen LogP contribution in [0.15, 0.2) is 48.8 Å². The van der Waals surface area contributed by atoms with Crippen molar-refractivity contribution in [2.24, 2.45) is 0 Å². The zero-order chi connectivity index (χ0) is 21.4. The fraction of sp³-hybridized carbons (Fsp3) is 0.261. The van der Waals surface area contributed by atoms with Crippen LogP contribution in [0.5, 0.6) is 5.75 Å². The van der Waals surface area contributed by atoms with Gasteiger partial charge in [-0.1, -0.05) is 6.07 Å². The Hall–Kier alpha value is -3.23. The van der Waals surface area contributed by atoms with Crippen LogP contribution in [-0.2, 0) is 19.6 Å². The molecule has 7 nitrogen and oxygen atoms in total. The molecule has 1 aliphatic rings. The fourth-order valence-corrected chi connectivity index (χ4v) is 4.76. The van der Waals surface area contributed by atoms with Gasteiger partial charge in [-0.3, -0.25) is 10.1 Å². The average Bonchev–Trinajstić information content (AvgIpc) is 3.36. The molecule has 5 rings (SSSR count). The summed E-state index contributed by atoms with van der Waals surface area (Å²) in [4.78, 5) is 25.3. The van der Waals surface area contributed by atoms with E-state index in [1.165, 1.54) is 4.88 Å². The van der Waals surface area contributed by atoms with Crippen LogP contribution in [0.1, 0.15) is 32.2 Å². The number of ether oxygens (including phenoxy) is 1. The van der Waals surface area contributed by atoms with Crippen molar-refractivity contribution >= 4 is 28.0 Å². The van der Waals surface area contributed by atoms with E-state index in [0.29, 0.717) is 23.1 Å². The summed E-state index contributed by atoms with van der Waals surface area (Å²) in [5, 5.41) is 3.58. The van der Waals surface area contributed by atoms with E-state index in [0.717, 1.165) is 42.1 Å². The van der Waals surface area contributed by atoms with Crippen molar-refractivity contribution in [3.05, 3.63) is 76.2 Å². The van der Waals surface area contributed by atoms with E-state index in [4.69, 9.17) is 4.74 Å². The van der Waals surface area contributed by atoms with Gasteiger partial charge in [0, 0.05) is 42.3 Å². The molecule has 0 saturated carbocycles. The number of anilines is 1. The van der Waals surface area contributed by atoms with Gasteiger partial charge in [-0.15, -0.1) is 11.3 Å². The van der Waals surface area contributed by atoms with E-state index in [1.54, 1.807) is 35.6 Å². The second-order valence-electron chi connectivity index (χ2n) is 7.80. The Morgan fingerprint density at radius 1 is 1.23 bits per heavy atom. The summed E-state index contributed by atoms with van der Waals surface area (Å²) in [7, 11) is 2.10. The van der Waals surface area contributed by atoms with E-state index < -0.39 is 0 Å². The molecule has 0 atom stereocenters. The highest BCUT2D eigenvalue weighted by molar-refractivity contribution is 7.15. The standard InChI is InChI=1S/C23H23N5O2S/c1-15-4-3-10-28-12-17(24-21(15)28)14-30-18-7-5-16(6-8-18)22(29)26-23-25-19-9-11-27(2)13-20(19)31-23/h3-8,10,12H,9,11,13-14H2,1-2H3,(H,25,26,29). The monoisotopic (exact) mass is 433 g/mol. The van der Waals surface area contributed by atoms with Crippen molar-refractivity contribution in [1.29, 1.82) is 0 Å². The molecule has 1 amide bonds. The number of amides is 1. The van der Waals surface area contributed by atoms with E-state index in [2.05, 4.69) is 27.2 Å². The second kappa shape index (κ2) is 8.13. The Balaban J connectivity index is 1.21. The van der Waals surface area contributed by atoms with Gasteiger partial charge in [0.25, 0.3) is 5.91 Å². The number of rotatable bonds is 5. The van der Waals surface area contributed by atoms with Crippen LogP contribution in [0, 0.1) is 6.92 Å². The number of hydrogen-bond donors (Lipinski definition) is 1. The number of nitrogens with zero attached hydrogens (tertiary/aromatic N) is 4. The van der Waals surface area contributed by atoms with Crippen molar-refractivity contribution in [3.8, 4) is 5.75 Å². The number of likely N-dealkylation sites (N-methyl/N-ethyl adjacent to an activating group) is 1. The smallest absolute Gasteiger partial charge is 0.257 e. The van der Waals surface area contributed by atoms with Crippen LogP contribution >= 0.6 is 11.3 Å². The number of carbonyl (C=O) groups is 1. The van der Waals surface area contributed by atoms with Crippen molar-refractivity contribution in [3.63, 3.8) is 0 Å². The quantitative estimate of drug-likeness (QED) is 0.517. The van der Waals surface area contributed by atoms with E-state index >= 15 is 0 Å². The highest BCUT2D eigenvalue weighted by atomic mass is 32.1. The van der Waals surface area contributed by atoms with Crippen LogP contribution in [-0.4, -0.2) is 38.8 Å². The molecule has 1 aliphatic heterocycles. The Labute approximate surface area is 184 Å². The van der Waals surface area contributed by atoms with Gasteiger partial charge in [0.2, 0.25) is 0 Å². The minimum absolute atomic E-state index is 0.165.